The van der Waals surface area contributed by atoms with E-state index in [1.165, 1.54) is 10.6 Å². The number of H-pyrrole nitrogens is 1. The van der Waals surface area contributed by atoms with Gasteiger partial charge in [-0.2, -0.15) is 0 Å². The van der Waals surface area contributed by atoms with E-state index in [-0.39, 0.29) is 16.9 Å². The van der Waals surface area contributed by atoms with Crippen LogP contribution in [-0.4, -0.2) is 25.7 Å². The van der Waals surface area contributed by atoms with Crippen molar-refractivity contribution in [3.05, 3.63) is 99.5 Å². The topological polar surface area (TPSA) is 96.7 Å². The molecule has 0 aliphatic heterocycles. The summed E-state index contributed by atoms with van der Waals surface area (Å²) in [6.45, 7) is 4.37. The number of allylic oxidation sites excluding steroid dienone is 2. The van der Waals surface area contributed by atoms with Crippen LogP contribution in [0.3, 0.4) is 0 Å². The smallest absolute Gasteiger partial charge is 0.353 e. The van der Waals surface area contributed by atoms with Crippen LogP contribution < -0.4 is 10.3 Å². The molecule has 0 spiro atoms. The molecule has 0 bridgehead atoms. The summed E-state index contributed by atoms with van der Waals surface area (Å²) >= 11 is 0. The first-order chi connectivity index (χ1) is 15.4. The van der Waals surface area contributed by atoms with Crippen LogP contribution in [0.15, 0.2) is 77.1 Å². The van der Waals surface area contributed by atoms with E-state index in [1.54, 1.807) is 0 Å². The number of benzene rings is 2. The fourth-order valence-electron chi connectivity index (χ4n) is 3.35. The summed E-state index contributed by atoms with van der Waals surface area (Å²) in [6.07, 6.45) is 2.34. The number of aromatic amines is 1. The predicted octanol–water partition coefficient (Wildman–Crippen LogP) is 4.48. The summed E-state index contributed by atoms with van der Waals surface area (Å²) in [5.41, 5.74) is 3.76. The largest absolute Gasteiger partial charge is 0.489 e. The van der Waals surface area contributed by atoms with E-state index in [0.717, 1.165) is 16.7 Å². The minimum Gasteiger partial charge on any atom is -0.489 e. The third kappa shape index (κ3) is 4.46. The lowest BCUT2D eigenvalue weighted by Gasteiger charge is -2.10. The van der Waals surface area contributed by atoms with Crippen molar-refractivity contribution >= 4 is 11.6 Å². The Balaban J connectivity index is 1.71. The normalized spacial score (nSPS) is 10.8. The van der Waals surface area contributed by atoms with Crippen LogP contribution in [0.4, 0.5) is 0 Å². The Labute approximate surface area is 184 Å². The SMILES string of the molecule is CC(C)=CCc1c(-c2ccc(OCc3ccccc3)cc2)nc2cc(C(=O)O)[nH]n2c1=O. The molecular formula is C25H23N3O4. The Morgan fingerprint density at radius 2 is 1.84 bits per heavy atom. The van der Waals surface area contributed by atoms with Gasteiger partial charge in [0.2, 0.25) is 0 Å². The first kappa shape index (κ1) is 21.1. The summed E-state index contributed by atoms with van der Waals surface area (Å²) in [7, 11) is 0. The third-order valence-corrected chi connectivity index (χ3v) is 5.03. The minimum absolute atomic E-state index is 0.0930. The number of aromatic nitrogens is 3. The van der Waals surface area contributed by atoms with Crippen LogP contribution in [0, 0.1) is 0 Å². The molecule has 7 nitrogen and oxygen atoms in total. The summed E-state index contributed by atoms with van der Waals surface area (Å²) in [6, 6.07) is 18.6. The van der Waals surface area contributed by atoms with E-state index in [2.05, 4.69) is 10.1 Å². The molecule has 0 unspecified atom stereocenters. The van der Waals surface area contributed by atoms with E-state index < -0.39 is 5.97 Å². The Kier molecular flexibility index (Phi) is 5.89. The number of carbonyl (C=O) groups is 1. The molecule has 0 fully saturated rings. The van der Waals surface area contributed by atoms with E-state index in [4.69, 9.17) is 4.74 Å². The van der Waals surface area contributed by atoms with E-state index in [9.17, 15) is 14.7 Å². The highest BCUT2D eigenvalue weighted by Gasteiger charge is 2.17. The van der Waals surface area contributed by atoms with Gasteiger partial charge in [0.15, 0.2) is 5.65 Å². The summed E-state index contributed by atoms with van der Waals surface area (Å²) < 4.78 is 7.03. The molecule has 0 aliphatic rings. The second-order valence-corrected chi connectivity index (χ2v) is 7.70. The van der Waals surface area contributed by atoms with Crippen molar-refractivity contribution in [2.45, 2.75) is 26.9 Å². The monoisotopic (exact) mass is 429 g/mol. The summed E-state index contributed by atoms with van der Waals surface area (Å²) in [4.78, 5) is 29.1. The number of carboxylic acids is 1. The summed E-state index contributed by atoms with van der Waals surface area (Å²) in [5.74, 6) is -0.446. The van der Waals surface area contributed by atoms with E-state index in [0.29, 0.717) is 30.0 Å². The fraction of sp³-hybridized carbons (Fsp3) is 0.160. The van der Waals surface area contributed by atoms with Gasteiger partial charge in [0, 0.05) is 17.2 Å². The second kappa shape index (κ2) is 8.93. The average Bonchev–Trinajstić information content (AvgIpc) is 3.23. The first-order valence-electron chi connectivity index (χ1n) is 10.2. The third-order valence-electron chi connectivity index (χ3n) is 5.03. The number of rotatable bonds is 7. The Morgan fingerprint density at radius 1 is 1.12 bits per heavy atom. The minimum atomic E-state index is -1.15. The van der Waals surface area contributed by atoms with Gasteiger partial charge in [0.1, 0.15) is 18.1 Å². The molecule has 0 amide bonds. The van der Waals surface area contributed by atoms with Crippen molar-refractivity contribution in [2.24, 2.45) is 0 Å². The van der Waals surface area contributed by atoms with Crippen LogP contribution in [0.25, 0.3) is 16.9 Å². The zero-order valence-electron chi connectivity index (χ0n) is 17.8. The van der Waals surface area contributed by atoms with Gasteiger partial charge in [-0.3, -0.25) is 9.89 Å². The molecule has 7 heteroatoms. The van der Waals surface area contributed by atoms with Gasteiger partial charge in [-0.25, -0.2) is 14.3 Å². The van der Waals surface area contributed by atoms with Gasteiger partial charge in [0.25, 0.3) is 5.56 Å². The Bertz CT molecular complexity index is 1350. The van der Waals surface area contributed by atoms with Crippen LogP contribution in [-0.2, 0) is 13.0 Å². The zero-order valence-corrected chi connectivity index (χ0v) is 17.8. The molecule has 4 aromatic rings. The maximum atomic E-state index is 13.1. The lowest BCUT2D eigenvalue weighted by molar-refractivity contribution is 0.0690. The molecule has 0 saturated heterocycles. The van der Waals surface area contributed by atoms with Gasteiger partial charge in [-0.1, -0.05) is 42.0 Å². The molecule has 0 atom stereocenters. The molecular weight excluding hydrogens is 406 g/mol. The second-order valence-electron chi connectivity index (χ2n) is 7.70. The predicted molar refractivity (Wildman–Crippen MR) is 122 cm³/mol. The Hall–Kier alpha value is -4.13. The highest BCUT2D eigenvalue weighted by molar-refractivity contribution is 5.86. The van der Waals surface area contributed by atoms with Crippen molar-refractivity contribution < 1.29 is 14.6 Å². The molecule has 2 aromatic carbocycles. The van der Waals surface area contributed by atoms with Gasteiger partial charge in [0.05, 0.1) is 5.69 Å². The Morgan fingerprint density at radius 3 is 2.50 bits per heavy atom. The first-order valence-corrected chi connectivity index (χ1v) is 10.2. The number of hydrogen-bond donors (Lipinski definition) is 2. The maximum Gasteiger partial charge on any atom is 0.353 e. The molecule has 0 aliphatic carbocycles. The van der Waals surface area contributed by atoms with Gasteiger partial charge in [-0.05, 0) is 50.1 Å². The molecule has 2 N–H and O–H groups in total. The molecule has 4 rings (SSSR count). The number of aromatic carboxylic acids is 1. The van der Waals surface area contributed by atoms with Crippen LogP contribution in [0.2, 0.25) is 0 Å². The molecule has 0 radical (unpaired) electrons. The number of nitrogens with one attached hydrogen (secondary N) is 1. The van der Waals surface area contributed by atoms with Gasteiger partial charge < -0.3 is 9.84 Å². The molecule has 0 saturated carbocycles. The van der Waals surface area contributed by atoms with E-state index >= 15 is 0 Å². The van der Waals surface area contributed by atoms with Crippen molar-refractivity contribution in [1.29, 1.82) is 0 Å². The van der Waals surface area contributed by atoms with Crippen LogP contribution >= 0.6 is 0 Å². The van der Waals surface area contributed by atoms with E-state index in [1.807, 2.05) is 74.5 Å². The highest BCUT2D eigenvalue weighted by Crippen LogP contribution is 2.25. The molecule has 2 aromatic heterocycles. The fourth-order valence-corrected chi connectivity index (χ4v) is 3.35. The van der Waals surface area contributed by atoms with Crippen molar-refractivity contribution in [3.63, 3.8) is 0 Å². The average molecular weight is 429 g/mol. The van der Waals surface area contributed by atoms with Crippen molar-refractivity contribution in [1.82, 2.24) is 14.6 Å². The van der Waals surface area contributed by atoms with Gasteiger partial charge >= 0.3 is 5.97 Å². The number of hydrogen-bond acceptors (Lipinski definition) is 4. The van der Waals surface area contributed by atoms with Crippen LogP contribution in [0.5, 0.6) is 5.75 Å². The summed E-state index contributed by atoms with van der Waals surface area (Å²) in [5, 5.41) is 11.9. The number of fused-ring (bicyclic) bond motifs is 1. The highest BCUT2D eigenvalue weighted by atomic mass is 16.5. The number of carboxylic acid groups (broad SMARTS) is 1. The van der Waals surface area contributed by atoms with Crippen molar-refractivity contribution in [3.8, 4) is 17.0 Å². The standard InChI is InChI=1S/C25H23N3O4/c1-16(2)8-13-20-23(26-22-14-21(25(30)31)27-28(22)24(20)29)18-9-11-19(12-10-18)32-15-17-6-4-3-5-7-17/h3-12,14,27H,13,15H2,1-2H3,(H,30,31). The van der Waals surface area contributed by atoms with Gasteiger partial charge in [-0.15, -0.1) is 0 Å². The lowest BCUT2D eigenvalue weighted by Crippen LogP contribution is -2.21. The molecule has 32 heavy (non-hydrogen) atoms. The lowest BCUT2D eigenvalue weighted by atomic mass is 10.0. The van der Waals surface area contributed by atoms with Crippen molar-refractivity contribution in [2.75, 3.05) is 0 Å². The quantitative estimate of drug-likeness (QED) is 0.422. The zero-order chi connectivity index (χ0) is 22.7. The number of nitrogens with zero attached hydrogens (tertiary/aromatic N) is 2. The maximum absolute atomic E-state index is 13.1. The molecule has 162 valence electrons. The van der Waals surface area contributed by atoms with Crippen LogP contribution in [0.1, 0.15) is 35.5 Å². The molecule has 2 heterocycles. The number of ether oxygens (including phenoxy) is 1.